The van der Waals surface area contributed by atoms with Crippen LogP contribution < -0.4 is 24.8 Å². The summed E-state index contributed by atoms with van der Waals surface area (Å²) in [5.74, 6) is 1.43. The van der Waals surface area contributed by atoms with Crippen LogP contribution in [0.5, 0.6) is 17.2 Å². The van der Waals surface area contributed by atoms with Crippen molar-refractivity contribution >= 4 is 17.5 Å². The molecule has 0 saturated heterocycles. The van der Waals surface area contributed by atoms with Crippen LogP contribution >= 0.6 is 0 Å². The Bertz CT molecular complexity index is 1140. The SMILES string of the molecule is Cc1cccc(NC(=O)c2ccc(OCC(=O)NCc3ccc4c(c3)OCO4)cc2)c1C. The van der Waals surface area contributed by atoms with E-state index in [1.807, 2.05) is 50.2 Å². The van der Waals surface area contributed by atoms with Crippen LogP contribution in [0.3, 0.4) is 0 Å². The van der Waals surface area contributed by atoms with Gasteiger partial charge < -0.3 is 24.8 Å². The first-order valence-corrected chi connectivity index (χ1v) is 10.3. The zero-order valence-corrected chi connectivity index (χ0v) is 17.9. The number of nitrogens with one attached hydrogen (secondary N) is 2. The number of carbonyl (C=O) groups excluding carboxylic acids is 2. The van der Waals surface area contributed by atoms with Gasteiger partial charge in [0, 0.05) is 17.8 Å². The van der Waals surface area contributed by atoms with Crippen molar-refractivity contribution in [2.75, 3.05) is 18.7 Å². The van der Waals surface area contributed by atoms with Gasteiger partial charge in [-0.2, -0.15) is 0 Å². The number of aryl methyl sites for hydroxylation is 1. The standard InChI is InChI=1S/C25H24N2O5/c1-16-4-3-5-21(17(16)2)27-25(29)19-7-9-20(10-8-19)30-14-24(28)26-13-18-6-11-22-23(12-18)32-15-31-22/h3-12H,13-15H2,1-2H3,(H,26,28)(H,27,29). The molecule has 2 amide bonds. The topological polar surface area (TPSA) is 85.9 Å². The van der Waals surface area contributed by atoms with Crippen LogP contribution in [-0.2, 0) is 11.3 Å². The fourth-order valence-corrected chi connectivity index (χ4v) is 3.23. The van der Waals surface area contributed by atoms with Gasteiger partial charge in [0.2, 0.25) is 6.79 Å². The van der Waals surface area contributed by atoms with Crippen molar-refractivity contribution in [3.63, 3.8) is 0 Å². The second-order valence-corrected chi connectivity index (χ2v) is 7.48. The number of anilines is 1. The molecule has 0 unspecified atom stereocenters. The maximum Gasteiger partial charge on any atom is 0.258 e. The maximum atomic E-state index is 12.5. The van der Waals surface area contributed by atoms with E-state index in [2.05, 4.69) is 10.6 Å². The third-order valence-electron chi connectivity index (χ3n) is 5.27. The number of hydrogen-bond acceptors (Lipinski definition) is 5. The van der Waals surface area contributed by atoms with E-state index in [0.29, 0.717) is 29.4 Å². The largest absolute Gasteiger partial charge is 0.484 e. The lowest BCUT2D eigenvalue weighted by molar-refractivity contribution is -0.123. The second kappa shape index (κ2) is 9.43. The molecule has 0 spiro atoms. The highest BCUT2D eigenvalue weighted by Crippen LogP contribution is 2.32. The lowest BCUT2D eigenvalue weighted by atomic mass is 10.1. The molecule has 0 fully saturated rings. The number of carbonyl (C=O) groups is 2. The van der Waals surface area contributed by atoms with Crippen molar-refractivity contribution in [3.05, 3.63) is 82.9 Å². The van der Waals surface area contributed by atoms with Crippen molar-refractivity contribution in [2.45, 2.75) is 20.4 Å². The van der Waals surface area contributed by atoms with Gasteiger partial charge in [0.1, 0.15) is 5.75 Å². The van der Waals surface area contributed by atoms with Crippen LogP contribution in [0.15, 0.2) is 60.7 Å². The van der Waals surface area contributed by atoms with Crippen LogP contribution in [-0.4, -0.2) is 25.2 Å². The highest BCUT2D eigenvalue weighted by Gasteiger charge is 2.14. The molecule has 1 aliphatic heterocycles. The molecular formula is C25H24N2O5. The summed E-state index contributed by atoms with van der Waals surface area (Å²) in [6.07, 6.45) is 0. The molecule has 1 aliphatic rings. The zero-order chi connectivity index (χ0) is 22.5. The predicted octanol–water partition coefficient (Wildman–Crippen LogP) is 3.98. The van der Waals surface area contributed by atoms with E-state index < -0.39 is 0 Å². The summed E-state index contributed by atoms with van der Waals surface area (Å²) in [6, 6.07) is 18.0. The van der Waals surface area contributed by atoms with Crippen molar-refractivity contribution in [1.82, 2.24) is 5.32 Å². The fraction of sp³-hybridized carbons (Fsp3) is 0.200. The molecule has 164 valence electrons. The first-order chi connectivity index (χ1) is 15.5. The van der Waals surface area contributed by atoms with Crippen LogP contribution in [0.4, 0.5) is 5.69 Å². The van der Waals surface area contributed by atoms with Gasteiger partial charge in [0.25, 0.3) is 11.8 Å². The zero-order valence-electron chi connectivity index (χ0n) is 17.9. The average Bonchev–Trinajstić information content (AvgIpc) is 3.27. The molecule has 0 bridgehead atoms. The molecule has 3 aromatic carbocycles. The van der Waals surface area contributed by atoms with Crippen LogP contribution in [0, 0.1) is 13.8 Å². The summed E-state index contributed by atoms with van der Waals surface area (Å²) < 4.78 is 16.1. The Morgan fingerprint density at radius 2 is 1.75 bits per heavy atom. The third kappa shape index (κ3) is 5.00. The minimum atomic E-state index is -0.251. The Balaban J connectivity index is 1.25. The number of hydrogen-bond donors (Lipinski definition) is 2. The molecule has 7 nitrogen and oxygen atoms in total. The summed E-state index contributed by atoms with van der Waals surface area (Å²) >= 11 is 0. The van der Waals surface area contributed by atoms with Gasteiger partial charge in [0.15, 0.2) is 18.1 Å². The number of amides is 2. The predicted molar refractivity (Wildman–Crippen MR) is 120 cm³/mol. The molecule has 1 heterocycles. The van der Waals surface area contributed by atoms with E-state index in [1.165, 1.54) is 0 Å². The molecule has 0 aromatic heterocycles. The van der Waals surface area contributed by atoms with E-state index in [4.69, 9.17) is 14.2 Å². The van der Waals surface area contributed by atoms with Gasteiger partial charge in [-0.1, -0.05) is 18.2 Å². The number of ether oxygens (including phenoxy) is 3. The Morgan fingerprint density at radius 3 is 2.56 bits per heavy atom. The Kier molecular flexibility index (Phi) is 6.26. The van der Waals surface area contributed by atoms with Gasteiger partial charge in [-0.05, 0) is 73.0 Å². The molecule has 0 saturated carbocycles. The van der Waals surface area contributed by atoms with Gasteiger partial charge in [0.05, 0.1) is 0 Å². The molecule has 0 atom stereocenters. The van der Waals surface area contributed by atoms with Gasteiger partial charge in [-0.3, -0.25) is 9.59 Å². The summed E-state index contributed by atoms with van der Waals surface area (Å²) in [6.45, 7) is 4.42. The fourth-order valence-electron chi connectivity index (χ4n) is 3.23. The average molecular weight is 432 g/mol. The van der Waals surface area contributed by atoms with Crippen molar-refractivity contribution in [3.8, 4) is 17.2 Å². The lowest BCUT2D eigenvalue weighted by Gasteiger charge is -2.11. The van der Waals surface area contributed by atoms with E-state index >= 15 is 0 Å². The number of benzene rings is 3. The summed E-state index contributed by atoms with van der Waals surface area (Å²) in [5, 5.41) is 5.73. The minimum Gasteiger partial charge on any atom is -0.484 e. The molecule has 4 rings (SSSR count). The van der Waals surface area contributed by atoms with Crippen molar-refractivity contribution < 1.29 is 23.8 Å². The van der Waals surface area contributed by atoms with E-state index in [-0.39, 0.29) is 25.2 Å². The third-order valence-corrected chi connectivity index (χ3v) is 5.27. The van der Waals surface area contributed by atoms with Crippen LogP contribution in [0.2, 0.25) is 0 Å². The van der Waals surface area contributed by atoms with E-state index in [0.717, 1.165) is 22.4 Å². The summed E-state index contributed by atoms with van der Waals surface area (Å²) in [7, 11) is 0. The monoisotopic (exact) mass is 432 g/mol. The normalized spacial score (nSPS) is 11.7. The summed E-state index contributed by atoms with van der Waals surface area (Å²) in [4.78, 5) is 24.6. The molecule has 3 aromatic rings. The molecule has 32 heavy (non-hydrogen) atoms. The highest BCUT2D eigenvalue weighted by atomic mass is 16.7. The smallest absolute Gasteiger partial charge is 0.258 e. The van der Waals surface area contributed by atoms with Gasteiger partial charge >= 0.3 is 0 Å². The van der Waals surface area contributed by atoms with Crippen LogP contribution in [0.25, 0.3) is 0 Å². The first kappa shape index (κ1) is 21.2. The Hall–Kier alpha value is -4.00. The van der Waals surface area contributed by atoms with Crippen molar-refractivity contribution in [2.24, 2.45) is 0 Å². The Morgan fingerprint density at radius 1 is 0.969 bits per heavy atom. The van der Waals surface area contributed by atoms with E-state index in [9.17, 15) is 9.59 Å². The van der Waals surface area contributed by atoms with Crippen molar-refractivity contribution in [1.29, 1.82) is 0 Å². The maximum absolute atomic E-state index is 12.5. The van der Waals surface area contributed by atoms with Gasteiger partial charge in [-0.25, -0.2) is 0 Å². The minimum absolute atomic E-state index is 0.126. The molecule has 2 N–H and O–H groups in total. The quantitative estimate of drug-likeness (QED) is 0.590. The molecule has 0 aliphatic carbocycles. The summed E-state index contributed by atoms with van der Waals surface area (Å²) in [5.41, 5.74) is 4.35. The van der Waals surface area contributed by atoms with Crippen LogP contribution in [0.1, 0.15) is 27.0 Å². The highest BCUT2D eigenvalue weighted by molar-refractivity contribution is 6.04. The molecule has 0 radical (unpaired) electrons. The Labute approximate surface area is 186 Å². The number of fused-ring (bicyclic) bond motifs is 1. The molecule has 7 heteroatoms. The lowest BCUT2D eigenvalue weighted by Crippen LogP contribution is -2.28. The number of rotatable bonds is 7. The first-order valence-electron chi connectivity index (χ1n) is 10.3. The van der Waals surface area contributed by atoms with E-state index in [1.54, 1.807) is 24.3 Å². The second-order valence-electron chi connectivity index (χ2n) is 7.48. The van der Waals surface area contributed by atoms with Gasteiger partial charge in [-0.15, -0.1) is 0 Å². The molecular weight excluding hydrogens is 408 g/mol.